The zero-order chi connectivity index (χ0) is 11.5. The largest absolute Gasteiger partial charge is 0.282 e. The monoisotopic (exact) mass is 219 g/mol. The second kappa shape index (κ2) is 4.13. The molecule has 6 heteroatoms. The van der Waals surface area contributed by atoms with Gasteiger partial charge in [-0.05, 0) is 5.18 Å². The van der Waals surface area contributed by atoms with Crippen molar-refractivity contribution in [2.24, 2.45) is 5.18 Å². The molecule has 1 aromatic rings. The van der Waals surface area contributed by atoms with Gasteiger partial charge in [0.25, 0.3) is 0 Å². The van der Waals surface area contributed by atoms with Gasteiger partial charge in [0.2, 0.25) is 0 Å². The predicted molar refractivity (Wildman–Crippen MR) is 55.5 cm³/mol. The van der Waals surface area contributed by atoms with E-state index in [1.54, 1.807) is 24.3 Å². The summed E-state index contributed by atoms with van der Waals surface area (Å²) in [5, 5.41) is 22.9. The minimum Gasteiger partial charge on any atom is -0.282 e. The summed E-state index contributed by atoms with van der Waals surface area (Å²) >= 11 is 0. The van der Waals surface area contributed by atoms with Gasteiger partial charge in [-0.3, -0.25) is 10.4 Å². The van der Waals surface area contributed by atoms with E-state index in [-0.39, 0.29) is 5.82 Å². The van der Waals surface area contributed by atoms with Crippen molar-refractivity contribution >= 4 is 5.70 Å². The topological polar surface area (TPSA) is 76.4 Å². The van der Waals surface area contributed by atoms with Gasteiger partial charge in [-0.25, -0.2) is 10.1 Å². The summed E-state index contributed by atoms with van der Waals surface area (Å²) in [6.07, 6.45) is 2.10. The minimum atomic E-state index is -0.117. The molecule has 0 unspecified atom stereocenters. The first kappa shape index (κ1) is 10.3. The third kappa shape index (κ3) is 1.67. The van der Waals surface area contributed by atoms with Gasteiger partial charge in [-0.1, -0.05) is 30.3 Å². The summed E-state index contributed by atoms with van der Waals surface area (Å²) in [6, 6.07) is 8.96. The van der Waals surface area contributed by atoms with Gasteiger partial charge in [0.05, 0.1) is 11.9 Å². The molecule has 0 saturated heterocycles. The Morgan fingerprint density at radius 3 is 2.50 bits per heavy atom. The van der Waals surface area contributed by atoms with Crippen molar-refractivity contribution in [2.45, 2.75) is 0 Å². The van der Waals surface area contributed by atoms with Crippen LogP contribution in [0.25, 0.3) is 5.70 Å². The van der Waals surface area contributed by atoms with Crippen molar-refractivity contribution in [3.63, 3.8) is 0 Å². The molecule has 2 N–H and O–H groups in total. The van der Waals surface area contributed by atoms with Crippen LogP contribution in [-0.4, -0.2) is 20.5 Å². The lowest BCUT2D eigenvalue weighted by molar-refractivity contribution is -0.0757. The van der Waals surface area contributed by atoms with E-state index in [1.807, 2.05) is 6.07 Å². The van der Waals surface area contributed by atoms with Crippen LogP contribution in [0.3, 0.4) is 0 Å². The van der Waals surface area contributed by atoms with E-state index in [0.29, 0.717) is 21.4 Å². The molecule has 0 bridgehead atoms. The minimum absolute atomic E-state index is 0.117. The molecule has 1 aliphatic heterocycles. The molecular weight excluding hydrogens is 210 g/mol. The molecular formula is C10H9N3O3. The van der Waals surface area contributed by atoms with Gasteiger partial charge in [-0.2, -0.15) is 0 Å². The van der Waals surface area contributed by atoms with E-state index >= 15 is 0 Å². The van der Waals surface area contributed by atoms with Crippen LogP contribution in [0.4, 0.5) is 0 Å². The summed E-state index contributed by atoms with van der Waals surface area (Å²) in [7, 11) is 0. The highest BCUT2D eigenvalue weighted by Gasteiger charge is 2.26. The molecule has 0 aromatic heterocycles. The summed E-state index contributed by atoms with van der Waals surface area (Å²) in [5.74, 6) is -0.117. The Morgan fingerprint density at radius 2 is 1.88 bits per heavy atom. The number of hydroxylamine groups is 4. The van der Waals surface area contributed by atoms with Crippen LogP contribution in [0.15, 0.2) is 53.7 Å². The van der Waals surface area contributed by atoms with E-state index in [4.69, 9.17) is 0 Å². The maximum Gasteiger partial charge on any atom is 0.184 e. The van der Waals surface area contributed by atoms with Gasteiger partial charge >= 0.3 is 0 Å². The molecule has 0 fully saturated rings. The van der Waals surface area contributed by atoms with Crippen LogP contribution in [0.2, 0.25) is 0 Å². The third-order valence-corrected chi connectivity index (χ3v) is 2.16. The Morgan fingerprint density at radius 1 is 1.19 bits per heavy atom. The van der Waals surface area contributed by atoms with Crippen LogP contribution in [-0.2, 0) is 0 Å². The number of nitrogens with zero attached hydrogens (tertiary/aromatic N) is 3. The average Bonchev–Trinajstić information content (AvgIpc) is 2.59. The molecule has 0 radical (unpaired) electrons. The fourth-order valence-electron chi connectivity index (χ4n) is 1.42. The number of rotatable bonds is 2. The van der Waals surface area contributed by atoms with Crippen molar-refractivity contribution in [3.05, 3.63) is 59.0 Å². The summed E-state index contributed by atoms with van der Waals surface area (Å²) < 4.78 is 0. The summed E-state index contributed by atoms with van der Waals surface area (Å²) in [5.41, 5.74) is 1.07. The number of nitroso groups, excluding NO2 is 1. The summed E-state index contributed by atoms with van der Waals surface area (Å²) in [6.45, 7) is 0. The molecule has 1 aliphatic rings. The maximum absolute atomic E-state index is 10.1. The normalized spacial score (nSPS) is 17.9. The van der Waals surface area contributed by atoms with E-state index < -0.39 is 0 Å². The highest BCUT2D eigenvalue weighted by atomic mass is 16.6. The fourth-order valence-corrected chi connectivity index (χ4v) is 1.42. The lowest BCUT2D eigenvalue weighted by Gasteiger charge is -2.15. The molecule has 0 aliphatic carbocycles. The molecule has 1 heterocycles. The van der Waals surface area contributed by atoms with E-state index in [0.717, 1.165) is 6.20 Å². The van der Waals surface area contributed by atoms with Crippen LogP contribution >= 0.6 is 0 Å². The Kier molecular flexibility index (Phi) is 2.67. The van der Waals surface area contributed by atoms with E-state index in [2.05, 4.69) is 5.18 Å². The van der Waals surface area contributed by atoms with Gasteiger partial charge in [0, 0.05) is 5.56 Å². The SMILES string of the molecule is O=NC=C1N(O)C=C(c2ccccc2)N1O. The Bertz CT molecular complexity index is 456. The summed E-state index contributed by atoms with van der Waals surface area (Å²) in [4.78, 5) is 10.1. The molecule has 1 aromatic carbocycles. The molecule has 0 spiro atoms. The number of hydrogen-bond acceptors (Lipinski definition) is 6. The highest BCUT2D eigenvalue weighted by molar-refractivity contribution is 5.66. The van der Waals surface area contributed by atoms with E-state index in [1.165, 1.54) is 6.20 Å². The first-order valence-electron chi connectivity index (χ1n) is 4.51. The van der Waals surface area contributed by atoms with Crippen LogP contribution in [0, 0.1) is 4.91 Å². The first-order chi connectivity index (χ1) is 7.74. The van der Waals surface area contributed by atoms with Gasteiger partial charge < -0.3 is 0 Å². The maximum atomic E-state index is 10.1. The van der Waals surface area contributed by atoms with Crippen LogP contribution < -0.4 is 0 Å². The quantitative estimate of drug-likeness (QED) is 0.743. The molecule has 0 amide bonds. The molecule has 2 rings (SSSR count). The Labute approximate surface area is 91.2 Å². The molecule has 82 valence electrons. The fraction of sp³-hybridized carbons (Fsp3) is 0. The molecule has 0 atom stereocenters. The highest BCUT2D eigenvalue weighted by Crippen LogP contribution is 2.29. The van der Waals surface area contributed by atoms with Crippen LogP contribution in [0.1, 0.15) is 5.56 Å². The van der Waals surface area contributed by atoms with Crippen molar-refractivity contribution in [3.8, 4) is 0 Å². The molecule has 0 saturated carbocycles. The van der Waals surface area contributed by atoms with Gasteiger partial charge in [-0.15, -0.1) is 4.91 Å². The van der Waals surface area contributed by atoms with Crippen molar-refractivity contribution in [2.75, 3.05) is 0 Å². The zero-order valence-corrected chi connectivity index (χ0v) is 8.19. The Hall–Kier alpha value is -2.18. The zero-order valence-electron chi connectivity index (χ0n) is 8.19. The third-order valence-electron chi connectivity index (χ3n) is 2.16. The standard InChI is InChI=1S/C10H9N3O3/c14-11-6-10-12(15)7-9(13(10)16)8-4-2-1-3-5-8/h1-7,15-16H. The smallest absolute Gasteiger partial charge is 0.184 e. The predicted octanol–water partition coefficient (Wildman–Crippen LogP) is 1.95. The first-order valence-corrected chi connectivity index (χ1v) is 4.51. The van der Waals surface area contributed by atoms with Crippen molar-refractivity contribution < 1.29 is 10.4 Å². The number of benzene rings is 1. The lowest BCUT2D eigenvalue weighted by Crippen LogP contribution is -2.18. The molecule has 6 nitrogen and oxygen atoms in total. The van der Waals surface area contributed by atoms with Crippen molar-refractivity contribution in [1.82, 2.24) is 10.1 Å². The number of hydrogen-bond donors (Lipinski definition) is 2. The second-order valence-electron chi connectivity index (χ2n) is 3.13. The van der Waals surface area contributed by atoms with E-state index in [9.17, 15) is 15.3 Å². The lowest BCUT2D eigenvalue weighted by atomic mass is 10.2. The van der Waals surface area contributed by atoms with Crippen LogP contribution in [0.5, 0.6) is 0 Å². The molecule has 16 heavy (non-hydrogen) atoms. The van der Waals surface area contributed by atoms with Crippen molar-refractivity contribution in [1.29, 1.82) is 0 Å². The Balaban J connectivity index is 2.36. The van der Waals surface area contributed by atoms with Gasteiger partial charge in [0.15, 0.2) is 5.82 Å². The second-order valence-corrected chi connectivity index (χ2v) is 3.13. The average molecular weight is 219 g/mol. The van der Waals surface area contributed by atoms with Gasteiger partial charge in [0.1, 0.15) is 6.20 Å².